The Morgan fingerprint density at radius 3 is 2.11 bits per heavy atom. The normalized spacial score (nSPS) is 11.7. The predicted molar refractivity (Wildman–Crippen MR) is 150 cm³/mol. The average molecular weight is 490 g/mol. The van der Waals surface area contributed by atoms with Crippen LogP contribution >= 0.6 is 7.92 Å². The molecule has 6 heteroatoms. The van der Waals surface area contributed by atoms with E-state index in [-0.39, 0.29) is 5.69 Å². The van der Waals surface area contributed by atoms with Crippen molar-refractivity contribution < 1.29 is 4.92 Å². The van der Waals surface area contributed by atoms with Crippen LogP contribution in [0.15, 0.2) is 114 Å². The second-order valence-electron chi connectivity index (χ2n) is 8.48. The van der Waals surface area contributed by atoms with Crippen LogP contribution in [0.5, 0.6) is 0 Å². The fraction of sp³-hybridized carbons (Fsp3) is 0.0667. The molecule has 0 radical (unpaired) electrons. The van der Waals surface area contributed by atoms with Crippen LogP contribution in [0.4, 0.5) is 11.4 Å². The molecule has 0 bridgehead atoms. The second-order valence-corrected chi connectivity index (χ2v) is 10.7. The first kappa shape index (κ1) is 23.5. The number of aromatic nitrogens is 1. The van der Waals surface area contributed by atoms with Gasteiger partial charge in [0.15, 0.2) is 0 Å². The highest BCUT2D eigenvalue weighted by Gasteiger charge is 2.20. The van der Waals surface area contributed by atoms with Gasteiger partial charge in [0.1, 0.15) is 0 Å². The van der Waals surface area contributed by atoms with E-state index < -0.39 is 12.8 Å². The Balaban J connectivity index is 1.63. The van der Waals surface area contributed by atoms with Gasteiger partial charge in [-0.15, -0.1) is 0 Å². The zero-order chi connectivity index (χ0) is 25.1. The zero-order valence-electron chi connectivity index (χ0n) is 20.0. The lowest BCUT2D eigenvalue weighted by molar-refractivity contribution is -0.384. The van der Waals surface area contributed by atoms with Gasteiger partial charge in [-0.3, -0.25) is 15.1 Å². The Morgan fingerprint density at radius 1 is 0.833 bits per heavy atom. The molecule has 0 amide bonds. The van der Waals surface area contributed by atoms with Crippen molar-refractivity contribution in [2.24, 2.45) is 4.99 Å². The maximum absolute atomic E-state index is 11.1. The largest absolute Gasteiger partial charge is 0.269 e. The van der Waals surface area contributed by atoms with Gasteiger partial charge >= 0.3 is 0 Å². The molecule has 0 unspecified atom stereocenters. The number of nitro groups is 1. The molecule has 1 heterocycles. The number of fused-ring (bicyclic) bond motifs is 1. The first-order chi connectivity index (χ1) is 17.5. The smallest absolute Gasteiger partial charge is 0.258 e. The maximum Gasteiger partial charge on any atom is 0.269 e. The number of pyridine rings is 1. The molecule has 5 aromatic rings. The van der Waals surface area contributed by atoms with Crippen molar-refractivity contribution in [3.05, 3.63) is 131 Å². The Bertz CT molecular complexity index is 1550. The number of benzene rings is 4. The minimum Gasteiger partial charge on any atom is -0.258 e. The Hall–Kier alpha value is -4.21. The molecule has 0 aliphatic carbocycles. The van der Waals surface area contributed by atoms with Crippen LogP contribution in [0, 0.1) is 17.0 Å². The summed E-state index contributed by atoms with van der Waals surface area (Å²) in [6.07, 6.45) is 0. The van der Waals surface area contributed by atoms with Gasteiger partial charge in [-0.05, 0) is 50.1 Å². The third-order valence-electron chi connectivity index (χ3n) is 6.02. The lowest BCUT2D eigenvalue weighted by Gasteiger charge is -2.21. The third-order valence-corrected chi connectivity index (χ3v) is 8.49. The summed E-state index contributed by atoms with van der Waals surface area (Å²) in [5.74, 6) is 0. The molecule has 36 heavy (non-hydrogen) atoms. The van der Waals surface area contributed by atoms with E-state index in [1.54, 1.807) is 12.1 Å². The molecule has 176 valence electrons. The molecule has 1 aromatic heterocycles. The summed E-state index contributed by atoms with van der Waals surface area (Å²) in [4.78, 5) is 20.6. The molecule has 0 fully saturated rings. The molecule has 0 aliphatic rings. The SMILES string of the molecule is CC(=Nc1ccc([N+](=O)[O-])cc1C)c1ccc2cccc(P(c3ccccc3)c3ccccc3)c2n1. The minimum absolute atomic E-state index is 0.0627. The Kier molecular flexibility index (Phi) is 6.66. The molecule has 0 aliphatic heterocycles. The van der Waals surface area contributed by atoms with E-state index in [9.17, 15) is 10.1 Å². The van der Waals surface area contributed by atoms with Crippen LogP contribution in [-0.2, 0) is 0 Å². The predicted octanol–water partition coefficient (Wildman–Crippen LogP) is 6.35. The first-order valence-electron chi connectivity index (χ1n) is 11.6. The summed E-state index contributed by atoms with van der Waals surface area (Å²) < 4.78 is 0. The fourth-order valence-corrected chi connectivity index (χ4v) is 6.63. The van der Waals surface area contributed by atoms with Crippen molar-refractivity contribution in [1.29, 1.82) is 0 Å². The number of nitrogens with zero attached hydrogens (tertiary/aromatic N) is 3. The van der Waals surface area contributed by atoms with Gasteiger partial charge in [0.05, 0.1) is 27.5 Å². The van der Waals surface area contributed by atoms with Crippen LogP contribution in [0.3, 0.4) is 0 Å². The molecule has 5 rings (SSSR count). The summed E-state index contributed by atoms with van der Waals surface area (Å²) in [6, 6.07) is 36.3. The van der Waals surface area contributed by atoms with Gasteiger partial charge in [-0.1, -0.05) is 84.9 Å². The van der Waals surface area contributed by atoms with E-state index in [0.29, 0.717) is 5.69 Å². The van der Waals surface area contributed by atoms with Gasteiger partial charge in [-0.25, -0.2) is 4.98 Å². The number of aliphatic imine (C=N–C) groups is 1. The number of hydrogen-bond donors (Lipinski definition) is 0. The minimum atomic E-state index is -0.807. The van der Waals surface area contributed by atoms with E-state index >= 15 is 0 Å². The van der Waals surface area contributed by atoms with Crippen molar-refractivity contribution >= 4 is 51.8 Å². The van der Waals surface area contributed by atoms with Gasteiger partial charge in [0, 0.05) is 22.8 Å². The van der Waals surface area contributed by atoms with Crippen molar-refractivity contribution in [3.8, 4) is 0 Å². The van der Waals surface area contributed by atoms with Gasteiger partial charge in [0.25, 0.3) is 5.69 Å². The highest BCUT2D eigenvalue weighted by molar-refractivity contribution is 7.80. The summed E-state index contributed by atoms with van der Waals surface area (Å²) in [5.41, 5.74) is 4.01. The lowest BCUT2D eigenvalue weighted by atomic mass is 10.1. The third kappa shape index (κ3) is 4.79. The van der Waals surface area contributed by atoms with E-state index in [1.165, 1.54) is 22.0 Å². The quantitative estimate of drug-likeness (QED) is 0.121. The monoisotopic (exact) mass is 489 g/mol. The molecule has 0 atom stereocenters. The van der Waals surface area contributed by atoms with E-state index in [1.807, 2.05) is 32.0 Å². The van der Waals surface area contributed by atoms with E-state index in [4.69, 9.17) is 9.98 Å². The van der Waals surface area contributed by atoms with Gasteiger partial charge in [-0.2, -0.15) is 0 Å². The maximum atomic E-state index is 11.1. The van der Waals surface area contributed by atoms with Crippen molar-refractivity contribution in [2.45, 2.75) is 13.8 Å². The molecule has 0 saturated carbocycles. The van der Waals surface area contributed by atoms with Crippen molar-refractivity contribution in [3.63, 3.8) is 0 Å². The zero-order valence-corrected chi connectivity index (χ0v) is 20.9. The number of para-hydroxylation sites is 1. The molecule has 0 saturated heterocycles. The number of nitro benzene ring substituents is 1. The van der Waals surface area contributed by atoms with Crippen LogP contribution in [-0.4, -0.2) is 15.6 Å². The standard InChI is InChI=1S/C30H24N3O2P/c1-21-20-24(33(34)35)17-19-27(21)31-22(2)28-18-16-23-10-9-15-29(30(23)32-28)36(25-11-5-3-6-12-25)26-13-7-4-8-14-26/h3-20H,1-2H3. The molecule has 5 nitrogen and oxygen atoms in total. The van der Waals surface area contributed by atoms with Crippen molar-refractivity contribution in [1.82, 2.24) is 4.98 Å². The summed E-state index contributed by atoms with van der Waals surface area (Å²) in [6.45, 7) is 3.76. The van der Waals surface area contributed by atoms with Crippen LogP contribution in [0.1, 0.15) is 18.2 Å². The number of hydrogen-bond acceptors (Lipinski definition) is 4. The highest BCUT2D eigenvalue weighted by atomic mass is 31.1. The van der Waals surface area contributed by atoms with Crippen LogP contribution in [0.2, 0.25) is 0 Å². The lowest BCUT2D eigenvalue weighted by Crippen LogP contribution is -2.22. The van der Waals surface area contributed by atoms with E-state index in [2.05, 4.69) is 72.8 Å². The molecular weight excluding hydrogens is 465 g/mol. The molecule has 4 aromatic carbocycles. The Morgan fingerprint density at radius 2 is 1.50 bits per heavy atom. The highest BCUT2D eigenvalue weighted by Crippen LogP contribution is 2.35. The summed E-state index contributed by atoms with van der Waals surface area (Å²) >= 11 is 0. The van der Waals surface area contributed by atoms with Crippen LogP contribution in [0.25, 0.3) is 10.9 Å². The number of aryl methyl sites for hydroxylation is 1. The number of non-ortho nitro benzene ring substituents is 1. The average Bonchev–Trinajstić information content (AvgIpc) is 2.91. The topological polar surface area (TPSA) is 68.4 Å². The van der Waals surface area contributed by atoms with Crippen molar-refractivity contribution in [2.75, 3.05) is 0 Å². The fourth-order valence-electron chi connectivity index (χ4n) is 4.21. The Labute approximate surface area is 211 Å². The first-order valence-corrected chi connectivity index (χ1v) is 13.0. The molecular formula is C30H24N3O2P. The van der Waals surface area contributed by atoms with Crippen LogP contribution < -0.4 is 15.9 Å². The summed E-state index contributed by atoms with van der Waals surface area (Å²) in [5, 5.41) is 15.9. The summed E-state index contributed by atoms with van der Waals surface area (Å²) in [7, 11) is -0.807. The molecule has 0 N–H and O–H groups in total. The number of rotatable bonds is 6. The van der Waals surface area contributed by atoms with Gasteiger partial charge < -0.3 is 0 Å². The molecule has 0 spiro atoms. The van der Waals surface area contributed by atoms with Gasteiger partial charge in [0.2, 0.25) is 0 Å². The second kappa shape index (κ2) is 10.2. The van der Waals surface area contributed by atoms with E-state index in [0.717, 1.165) is 27.9 Å².